The van der Waals surface area contributed by atoms with E-state index in [0.29, 0.717) is 0 Å². The molecule has 0 amide bonds. The molecule has 0 aromatic carbocycles. The lowest BCUT2D eigenvalue weighted by Crippen LogP contribution is -1.78. The van der Waals surface area contributed by atoms with Crippen molar-refractivity contribution in [3.05, 3.63) is 11.8 Å². The van der Waals surface area contributed by atoms with Gasteiger partial charge in [0, 0.05) is 5.70 Å². The van der Waals surface area contributed by atoms with E-state index in [4.69, 9.17) is 0 Å². The topological polar surface area (TPSA) is 38.4 Å². The molecule has 0 saturated carbocycles. The molecule has 0 fully saturated rings. The molecule has 0 aromatic heterocycles. The highest BCUT2D eigenvalue weighted by atomic mass is 14.7. The Bertz CT molecular complexity index is 117. The Labute approximate surface area is 76.6 Å². The third-order valence-corrected chi connectivity index (χ3v) is 1.57. The monoisotopic (exact) mass is 170 g/mol. The smallest absolute Gasteiger partial charge is 0.0353 e. The SMILES string of the molecule is C=N/C(=C\C)CCCCC.CN. The van der Waals surface area contributed by atoms with E-state index in [1.54, 1.807) is 0 Å². The fourth-order valence-corrected chi connectivity index (χ4v) is 0.871. The van der Waals surface area contributed by atoms with E-state index in [1.165, 1.54) is 26.3 Å². The van der Waals surface area contributed by atoms with Crippen LogP contribution in [0.3, 0.4) is 0 Å². The summed E-state index contributed by atoms with van der Waals surface area (Å²) in [6.45, 7) is 7.71. The number of allylic oxidation sites excluding steroid dienone is 2. The van der Waals surface area contributed by atoms with E-state index in [9.17, 15) is 0 Å². The van der Waals surface area contributed by atoms with Gasteiger partial charge < -0.3 is 5.73 Å². The van der Waals surface area contributed by atoms with Crippen molar-refractivity contribution in [3.8, 4) is 0 Å². The molecule has 0 aliphatic carbocycles. The third-order valence-electron chi connectivity index (χ3n) is 1.57. The minimum Gasteiger partial charge on any atom is -0.333 e. The maximum atomic E-state index is 4.50. The first kappa shape index (κ1) is 13.9. The van der Waals surface area contributed by atoms with E-state index in [1.807, 2.05) is 13.0 Å². The van der Waals surface area contributed by atoms with Crippen molar-refractivity contribution in [1.29, 1.82) is 0 Å². The summed E-state index contributed by atoms with van der Waals surface area (Å²) < 4.78 is 0. The zero-order chi connectivity index (χ0) is 9.82. The molecular weight excluding hydrogens is 148 g/mol. The van der Waals surface area contributed by atoms with E-state index >= 15 is 0 Å². The van der Waals surface area contributed by atoms with Gasteiger partial charge in [0.25, 0.3) is 0 Å². The number of unbranched alkanes of at least 4 members (excludes halogenated alkanes) is 2. The van der Waals surface area contributed by atoms with Gasteiger partial charge in [-0.05, 0) is 33.5 Å². The van der Waals surface area contributed by atoms with E-state index < -0.39 is 0 Å². The molecule has 0 atom stereocenters. The van der Waals surface area contributed by atoms with Crippen LogP contribution < -0.4 is 5.73 Å². The average Bonchev–Trinajstić information content (AvgIpc) is 2.16. The highest BCUT2D eigenvalue weighted by molar-refractivity contribution is 5.28. The molecular formula is C10H22N2. The van der Waals surface area contributed by atoms with Crippen LogP contribution in [0.5, 0.6) is 0 Å². The average molecular weight is 170 g/mol. The Kier molecular flexibility index (Phi) is 15.1. The second-order valence-electron chi connectivity index (χ2n) is 2.40. The van der Waals surface area contributed by atoms with Gasteiger partial charge in [0.15, 0.2) is 0 Å². The lowest BCUT2D eigenvalue weighted by molar-refractivity contribution is 0.710. The summed E-state index contributed by atoms with van der Waals surface area (Å²) in [6.07, 6.45) is 6.94. The van der Waals surface area contributed by atoms with E-state index in [-0.39, 0.29) is 0 Å². The van der Waals surface area contributed by atoms with Crippen LogP contribution >= 0.6 is 0 Å². The summed E-state index contributed by atoms with van der Waals surface area (Å²) in [5.41, 5.74) is 5.63. The fraction of sp³-hybridized carbons (Fsp3) is 0.700. The maximum Gasteiger partial charge on any atom is 0.0353 e. The molecule has 0 heterocycles. The predicted molar refractivity (Wildman–Crippen MR) is 57.6 cm³/mol. The fourth-order valence-electron chi connectivity index (χ4n) is 0.871. The molecule has 2 N–H and O–H groups in total. The molecule has 0 saturated heterocycles. The molecule has 2 heteroatoms. The first-order chi connectivity index (χ1) is 5.85. The van der Waals surface area contributed by atoms with Crippen LogP contribution in [0.2, 0.25) is 0 Å². The molecule has 0 radical (unpaired) electrons. The van der Waals surface area contributed by atoms with Gasteiger partial charge in [-0.1, -0.05) is 25.8 Å². The van der Waals surface area contributed by atoms with Crippen molar-refractivity contribution in [2.45, 2.75) is 39.5 Å². The highest BCUT2D eigenvalue weighted by Crippen LogP contribution is 2.08. The van der Waals surface area contributed by atoms with Crippen LogP contribution in [-0.2, 0) is 0 Å². The molecule has 0 spiro atoms. The largest absolute Gasteiger partial charge is 0.333 e. The van der Waals surface area contributed by atoms with Crippen molar-refractivity contribution in [1.82, 2.24) is 0 Å². The zero-order valence-electron chi connectivity index (χ0n) is 8.64. The molecule has 0 aromatic rings. The second-order valence-corrected chi connectivity index (χ2v) is 2.40. The molecule has 0 rings (SSSR count). The van der Waals surface area contributed by atoms with Crippen LogP contribution in [0.1, 0.15) is 39.5 Å². The Morgan fingerprint density at radius 1 is 1.42 bits per heavy atom. The molecule has 0 unspecified atom stereocenters. The quantitative estimate of drug-likeness (QED) is 0.500. The Hall–Kier alpha value is -0.630. The van der Waals surface area contributed by atoms with Crippen LogP contribution in [0.4, 0.5) is 0 Å². The summed E-state index contributed by atoms with van der Waals surface area (Å²) in [5, 5.41) is 0. The summed E-state index contributed by atoms with van der Waals surface area (Å²) >= 11 is 0. The third kappa shape index (κ3) is 9.37. The van der Waals surface area contributed by atoms with Gasteiger partial charge in [-0.2, -0.15) is 0 Å². The van der Waals surface area contributed by atoms with Gasteiger partial charge >= 0.3 is 0 Å². The molecule has 2 nitrogen and oxygen atoms in total. The van der Waals surface area contributed by atoms with E-state index in [0.717, 1.165) is 12.1 Å². The minimum atomic E-state index is 1.09. The molecule has 12 heavy (non-hydrogen) atoms. The van der Waals surface area contributed by atoms with E-state index in [2.05, 4.69) is 24.4 Å². The normalized spacial score (nSPS) is 10.2. The number of hydrogen-bond donors (Lipinski definition) is 1. The lowest BCUT2D eigenvalue weighted by Gasteiger charge is -1.97. The minimum absolute atomic E-state index is 1.09. The van der Waals surface area contributed by atoms with Crippen LogP contribution in [0.15, 0.2) is 16.8 Å². The van der Waals surface area contributed by atoms with Crippen LogP contribution in [-0.4, -0.2) is 13.8 Å². The number of aliphatic imine (C=N–C) groups is 1. The summed E-state index contributed by atoms with van der Waals surface area (Å²) in [4.78, 5) is 3.89. The van der Waals surface area contributed by atoms with Gasteiger partial charge in [-0.25, -0.2) is 0 Å². The Balaban J connectivity index is 0. The number of nitrogens with zero attached hydrogens (tertiary/aromatic N) is 1. The molecule has 0 aliphatic heterocycles. The van der Waals surface area contributed by atoms with Gasteiger partial charge in [-0.15, -0.1) is 0 Å². The number of hydrogen-bond acceptors (Lipinski definition) is 2. The van der Waals surface area contributed by atoms with Gasteiger partial charge in [0.1, 0.15) is 0 Å². The lowest BCUT2D eigenvalue weighted by atomic mass is 10.1. The first-order valence-corrected chi connectivity index (χ1v) is 4.54. The maximum absolute atomic E-state index is 4.50. The highest BCUT2D eigenvalue weighted by Gasteiger charge is 1.90. The second kappa shape index (κ2) is 13.0. The predicted octanol–water partition coefficient (Wildman–Crippen LogP) is 2.75. The zero-order valence-corrected chi connectivity index (χ0v) is 8.64. The summed E-state index contributed by atoms with van der Waals surface area (Å²) in [5.74, 6) is 0. The van der Waals surface area contributed by atoms with Crippen LogP contribution in [0, 0.1) is 0 Å². The molecule has 72 valence electrons. The van der Waals surface area contributed by atoms with Crippen molar-refractivity contribution >= 4 is 6.72 Å². The van der Waals surface area contributed by atoms with Crippen molar-refractivity contribution < 1.29 is 0 Å². The van der Waals surface area contributed by atoms with Crippen molar-refractivity contribution in [3.63, 3.8) is 0 Å². The van der Waals surface area contributed by atoms with Crippen molar-refractivity contribution in [2.75, 3.05) is 7.05 Å². The standard InChI is InChI=1S/C9H17N.CH5N/c1-4-6-7-8-9(5-2)10-3;1-2/h5H,3-4,6-8H2,1-2H3;2H2,1H3/b9-5-;. The van der Waals surface area contributed by atoms with Gasteiger partial charge in [0.2, 0.25) is 0 Å². The summed E-state index contributed by atoms with van der Waals surface area (Å²) in [6, 6.07) is 0. The summed E-state index contributed by atoms with van der Waals surface area (Å²) in [7, 11) is 1.50. The molecule has 0 aliphatic rings. The van der Waals surface area contributed by atoms with Gasteiger partial charge in [-0.3, -0.25) is 4.99 Å². The van der Waals surface area contributed by atoms with Crippen molar-refractivity contribution in [2.24, 2.45) is 10.7 Å². The Morgan fingerprint density at radius 2 is 2.00 bits per heavy atom. The van der Waals surface area contributed by atoms with Crippen LogP contribution in [0.25, 0.3) is 0 Å². The Morgan fingerprint density at radius 3 is 2.33 bits per heavy atom. The number of rotatable bonds is 5. The molecule has 0 bridgehead atoms. The number of nitrogens with two attached hydrogens (primary N) is 1. The first-order valence-electron chi connectivity index (χ1n) is 4.54. The van der Waals surface area contributed by atoms with Gasteiger partial charge in [0.05, 0.1) is 0 Å².